The Morgan fingerprint density at radius 1 is 1.20 bits per heavy atom. The highest BCUT2D eigenvalue weighted by atomic mass is 31.1. The van der Waals surface area contributed by atoms with Crippen molar-refractivity contribution in [3.8, 4) is 0 Å². The first-order chi connectivity index (χ1) is 9.73. The van der Waals surface area contributed by atoms with Crippen molar-refractivity contribution in [3.63, 3.8) is 0 Å². The van der Waals surface area contributed by atoms with Crippen molar-refractivity contribution in [3.05, 3.63) is 60.2 Å². The van der Waals surface area contributed by atoms with Gasteiger partial charge in [0, 0.05) is 11.6 Å². The molecule has 1 aliphatic carbocycles. The van der Waals surface area contributed by atoms with Crippen LogP contribution >= 0.6 is 8.58 Å². The summed E-state index contributed by atoms with van der Waals surface area (Å²) in [6, 6.07) is 10.6. The van der Waals surface area contributed by atoms with E-state index in [1.54, 1.807) is 0 Å². The molecule has 2 atom stereocenters. The third-order valence-corrected chi connectivity index (χ3v) is 5.51. The van der Waals surface area contributed by atoms with Gasteiger partial charge in [0.15, 0.2) is 0 Å². The molecule has 3 heteroatoms. The second-order valence-corrected chi connectivity index (χ2v) is 6.85. The number of carboxylic acid groups (broad SMARTS) is 1. The topological polar surface area (TPSA) is 37.3 Å². The molecule has 2 rings (SSSR count). The first kappa shape index (κ1) is 15.0. The van der Waals surface area contributed by atoms with Gasteiger partial charge in [-0.3, -0.25) is 4.79 Å². The van der Waals surface area contributed by atoms with Crippen molar-refractivity contribution in [1.82, 2.24) is 0 Å². The molecular weight excluding hydrogens is 267 g/mol. The van der Waals surface area contributed by atoms with Crippen LogP contribution in [0.5, 0.6) is 0 Å². The molecule has 0 radical (unpaired) electrons. The van der Waals surface area contributed by atoms with Crippen molar-refractivity contribution in [1.29, 1.82) is 0 Å². The fourth-order valence-corrected chi connectivity index (χ4v) is 4.24. The van der Waals surface area contributed by atoms with Crippen LogP contribution in [-0.4, -0.2) is 17.2 Å². The van der Waals surface area contributed by atoms with Crippen molar-refractivity contribution in [2.45, 2.75) is 30.8 Å². The molecule has 0 spiro atoms. The number of aliphatic carboxylic acids is 1. The van der Waals surface area contributed by atoms with E-state index in [0.29, 0.717) is 6.42 Å². The van der Waals surface area contributed by atoms with Gasteiger partial charge in [0.25, 0.3) is 0 Å². The van der Waals surface area contributed by atoms with Gasteiger partial charge in [0.2, 0.25) is 0 Å². The Hall–Kier alpha value is -1.40. The minimum absolute atomic E-state index is 0.124. The maximum Gasteiger partial charge on any atom is 0.303 e. The fraction of sp³-hybridized carbons (Fsp3) is 0.353. The molecule has 2 unspecified atom stereocenters. The van der Waals surface area contributed by atoms with E-state index in [9.17, 15) is 4.79 Å². The summed E-state index contributed by atoms with van der Waals surface area (Å²) in [6.45, 7) is 0. The van der Waals surface area contributed by atoms with Crippen molar-refractivity contribution >= 4 is 14.6 Å². The molecule has 0 fully saturated rings. The van der Waals surface area contributed by atoms with E-state index >= 15 is 0 Å². The molecule has 0 bridgehead atoms. The quantitative estimate of drug-likeness (QED) is 0.599. The number of hydrogen-bond acceptors (Lipinski definition) is 1. The Kier molecular flexibility index (Phi) is 5.55. The third-order valence-electron chi connectivity index (χ3n) is 3.61. The second-order valence-electron chi connectivity index (χ2n) is 5.11. The molecule has 0 amide bonds. The molecule has 20 heavy (non-hydrogen) atoms. The lowest BCUT2D eigenvalue weighted by molar-refractivity contribution is -0.137. The number of hydrogen-bond donors (Lipinski definition) is 1. The van der Waals surface area contributed by atoms with Crippen molar-refractivity contribution in [2.24, 2.45) is 0 Å². The van der Waals surface area contributed by atoms with Crippen LogP contribution in [0.1, 0.15) is 31.2 Å². The zero-order valence-electron chi connectivity index (χ0n) is 11.6. The first-order valence-corrected chi connectivity index (χ1v) is 8.30. The maximum atomic E-state index is 10.5. The lowest BCUT2D eigenvalue weighted by Gasteiger charge is -2.32. The molecule has 0 aromatic heterocycles. The first-order valence-electron chi connectivity index (χ1n) is 7.10. The third kappa shape index (κ3) is 4.05. The summed E-state index contributed by atoms with van der Waals surface area (Å²) >= 11 is 0. The Bertz CT molecular complexity index is 493. The van der Waals surface area contributed by atoms with E-state index in [4.69, 9.17) is 5.11 Å². The van der Waals surface area contributed by atoms with Crippen LogP contribution in [0.15, 0.2) is 54.6 Å². The average molecular weight is 288 g/mol. The molecule has 106 valence electrons. The SMILES string of the molecule is O=C(O)CCCCPC1(c2ccccc2)C=CC=CC1. The molecule has 1 aromatic rings. The zero-order valence-corrected chi connectivity index (χ0v) is 12.6. The van der Waals surface area contributed by atoms with E-state index in [1.807, 2.05) is 0 Å². The average Bonchev–Trinajstić information content (AvgIpc) is 2.48. The minimum Gasteiger partial charge on any atom is -0.481 e. The number of rotatable bonds is 7. The summed E-state index contributed by atoms with van der Waals surface area (Å²) < 4.78 is 0. The van der Waals surface area contributed by atoms with E-state index in [1.165, 1.54) is 5.56 Å². The molecule has 0 saturated carbocycles. The van der Waals surface area contributed by atoms with Crippen molar-refractivity contribution in [2.75, 3.05) is 6.16 Å². The van der Waals surface area contributed by atoms with Crippen molar-refractivity contribution < 1.29 is 9.90 Å². The lowest BCUT2D eigenvalue weighted by Crippen LogP contribution is -2.18. The molecule has 0 aliphatic heterocycles. The molecule has 2 nitrogen and oxygen atoms in total. The van der Waals surface area contributed by atoms with Crippen LogP contribution in [0.25, 0.3) is 0 Å². The molecule has 1 N–H and O–H groups in total. The van der Waals surface area contributed by atoms with Gasteiger partial charge in [-0.1, -0.05) is 54.6 Å². The monoisotopic (exact) mass is 288 g/mol. The molecule has 1 aliphatic rings. The summed E-state index contributed by atoms with van der Waals surface area (Å²) in [5, 5.41) is 8.80. The Labute approximate surface area is 122 Å². The molecule has 1 aromatic carbocycles. The summed E-state index contributed by atoms with van der Waals surface area (Å²) in [5.41, 5.74) is 1.37. The number of carboxylic acids is 1. The number of benzene rings is 1. The van der Waals surface area contributed by atoms with Gasteiger partial charge < -0.3 is 5.11 Å². The van der Waals surface area contributed by atoms with Crippen LogP contribution < -0.4 is 0 Å². The fourth-order valence-electron chi connectivity index (χ4n) is 2.52. The largest absolute Gasteiger partial charge is 0.481 e. The second kappa shape index (κ2) is 7.40. The van der Waals surface area contributed by atoms with Gasteiger partial charge in [-0.2, -0.15) is 0 Å². The minimum atomic E-state index is -0.688. The predicted octanol–water partition coefficient (Wildman–Crippen LogP) is 4.33. The maximum absolute atomic E-state index is 10.5. The standard InChI is InChI=1S/C17H21O2P/c18-16(19)11-5-8-14-20-17(12-6-2-7-13-17)15-9-3-1-4-10-15/h1-4,6-7,9-10,12,20H,5,8,11,13-14H2,(H,18,19). The van der Waals surface area contributed by atoms with Crippen LogP contribution in [0.2, 0.25) is 0 Å². The van der Waals surface area contributed by atoms with E-state index in [-0.39, 0.29) is 5.16 Å². The highest BCUT2D eigenvalue weighted by Gasteiger charge is 2.28. The van der Waals surface area contributed by atoms with Gasteiger partial charge in [-0.25, -0.2) is 0 Å². The summed E-state index contributed by atoms with van der Waals surface area (Å²) in [5.74, 6) is -0.688. The Balaban J connectivity index is 1.97. The summed E-state index contributed by atoms with van der Waals surface area (Å²) in [6.07, 6.45) is 13.0. The predicted molar refractivity (Wildman–Crippen MR) is 85.7 cm³/mol. The van der Waals surface area contributed by atoms with Gasteiger partial charge in [-0.05, 0) is 31.0 Å². The number of unbranched alkanes of at least 4 members (excludes halogenated alkanes) is 1. The molecular formula is C17H21O2P. The van der Waals surface area contributed by atoms with Crippen LogP contribution in [0, 0.1) is 0 Å². The lowest BCUT2D eigenvalue weighted by atomic mass is 9.91. The van der Waals surface area contributed by atoms with Gasteiger partial charge in [0.05, 0.1) is 0 Å². The Morgan fingerprint density at radius 2 is 2.00 bits per heavy atom. The number of carbonyl (C=O) groups is 1. The van der Waals surface area contributed by atoms with Crippen LogP contribution in [0.4, 0.5) is 0 Å². The smallest absolute Gasteiger partial charge is 0.303 e. The van der Waals surface area contributed by atoms with E-state index < -0.39 is 5.97 Å². The highest BCUT2D eigenvalue weighted by molar-refractivity contribution is 7.39. The zero-order chi connectivity index (χ0) is 14.3. The summed E-state index contributed by atoms with van der Waals surface area (Å²) in [4.78, 5) is 10.5. The highest BCUT2D eigenvalue weighted by Crippen LogP contribution is 2.47. The van der Waals surface area contributed by atoms with Crippen LogP contribution in [0.3, 0.4) is 0 Å². The van der Waals surface area contributed by atoms with Gasteiger partial charge in [-0.15, -0.1) is 8.58 Å². The summed E-state index contributed by atoms with van der Waals surface area (Å²) in [7, 11) is 0.802. The van der Waals surface area contributed by atoms with Gasteiger partial charge in [0.1, 0.15) is 0 Å². The van der Waals surface area contributed by atoms with E-state index in [2.05, 4.69) is 54.6 Å². The number of allylic oxidation sites excluding steroid dienone is 4. The molecule has 0 heterocycles. The van der Waals surface area contributed by atoms with Gasteiger partial charge >= 0.3 is 5.97 Å². The Morgan fingerprint density at radius 3 is 2.65 bits per heavy atom. The van der Waals surface area contributed by atoms with E-state index in [0.717, 1.165) is 34.0 Å². The van der Waals surface area contributed by atoms with Crippen LogP contribution in [-0.2, 0) is 9.95 Å². The molecule has 0 saturated heterocycles. The normalized spacial score (nSPS) is 21.6.